The van der Waals surface area contributed by atoms with Crippen molar-refractivity contribution < 1.29 is 14.6 Å². The Morgan fingerprint density at radius 3 is 2.86 bits per heavy atom. The maximum absolute atomic E-state index is 10.9. The lowest BCUT2D eigenvalue weighted by Crippen LogP contribution is -2.06. The number of carboxylic acid groups (broad SMARTS) is 1. The number of aromatic nitrogens is 2. The molecule has 0 saturated carbocycles. The van der Waals surface area contributed by atoms with E-state index in [1.54, 1.807) is 6.07 Å². The highest BCUT2D eigenvalue weighted by Crippen LogP contribution is 2.21. The summed E-state index contributed by atoms with van der Waals surface area (Å²) in [4.78, 5) is 10.9. The zero-order valence-corrected chi connectivity index (χ0v) is 12.1. The fourth-order valence-electron chi connectivity index (χ4n) is 1.87. The molecular weight excluding hydrogens is 270 g/mol. The maximum Gasteiger partial charge on any atom is 0.337 e. The fraction of sp³-hybridized carbons (Fsp3) is 0.333. The van der Waals surface area contributed by atoms with Crippen LogP contribution in [-0.2, 0) is 6.61 Å². The lowest BCUT2D eigenvalue weighted by molar-refractivity contribution is 0.0698. The minimum absolute atomic E-state index is 0.0726. The quantitative estimate of drug-likeness (QED) is 0.798. The SMILES string of the molecule is CCC(C)n1ccc(COc2ccc(C(=O)O)c(N)c2)n1. The lowest BCUT2D eigenvalue weighted by Gasteiger charge is -2.09. The highest BCUT2D eigenvalue weighted by atomic mass is 16.5. The van der Waals surface area contributed by atoms with E-state index in [9.17, 15) is 4.79 Å². The Kier molecular flexibility index (Phi) is 4.47. The molecule has 1 aromatic heterocycles. The third-order valence-corrected chi connectivity index (χ3v) is 3.35. The molecule has 0 saturated heterocycles. The lowest BCUT2D eigenvalue weighted by atomic mass is 10.2. The van der Waals surface area contributed by atoms with Gasteiger partial charge in [-0.25, -0.2) is 4.79 Å². The van der Waals surface area contributed by atoms with Crippen molar-refractivity contribution in [2.45, 2.75) is 32.9 Å². The standard InChI is InChI=1S/C15H19N3O3/c1-3-10(2)18-7-6-11(17-18)9-21-12-4-5-13(15(19)20)14(16)8-12/h4-8,10H,3,9,16H2,1-2H3,(H,19,20). The molecule has 1 atom stereocenters. The number of ether oxygens (including phenoxy) is 1. The monoisotopic (exact) mass is 289 g/mol. The van der Waals surface area contributed by atoms with E-state index in [4.69, 9.17) is 15.6 Å². The van der Waals surface area contributed by atoms with Crippen molar-refractivity contribution in [2.24, 2.45) is 0 Å². The molecule has 0 spiro atoms. The summed E-state index contributed by atoms with van der Waals surface area (Å²) in [5.41, 5.74) is 6.75. The summed E-state index contributed by atoms with van der Waals surface area (Å²) in [6.07, 6.45) is 2.93. The third kappa shape index (κ3) is 3.53. The van der Waals surface area contributed by atoms with E-state index in [2.05, 4.69) is 18.9 Å². The number of nitrogens with zero attached hydrogens (tertiary/aromatic N) is 2. The number of aromatic carboxylic acids is 1. The molecule has 0 aliphatic rings. The van der Waals surface area contributed by atoms with E-state index >= 15 is 0 Å². The van der Waals surface area contributed by atoms with Gasteiger partial charge in [0.15, 0.2) is 0 Å². The molecule has 1 unspecified atom stereocenters. The number of carboxylic acids is 1. The Balaban J connectivity index is 2.01. The summed E-state index contributed by atoms with van der Waals surface area (Å²) in [5, 5.41) is 13.3. The highest BCUT2D eigenvalue weighted by molar-refractivity contribution is 5.93. The molecular formula is C15H19N3O3. The Bertz CT molecular complexity index is 637. The number of nitrogen functional groups attached to an aromatic ring is 1. The minimum Gasteiger partial charge on any atom is -0.487 e. The van der Waals surface area contributed by atoms with Crippen molar-refractivity contribution in [2.75, 3.05) is 5.73 Å². The molecule has 0 fully saturated rings. The van der Waals surface area contributed by atoms with Crippen molar-refractivity contribution in [3.05, 3.63) is 41.7 Å². The summed E-state index contributed by atoms with van der Waals surface area (Å²) in [6.45, 7) is 4.52. The van der Waals surface area contributed by atoms with E-state index in [-0.39, 0.29) is 11.3 Å². The number of carbonyl (C=O) groups is 1. The average Bonchev–Trinajstić information content (AvgIpc) is 2.92. The predicted molar refractivity (Wildman–Crippen MR) is 79.4 cm³/mol. The van der Waals surface area contributed by atoms with Gasteiger partial charge in [0.25, 0.3) is 0 Å². The van der Waals surface area contributed by atoms with Crippen LogP contribution in [0.5, 0.6) is 5.75 Å². The van der Waals surface area contributed by atoms with Crippen LogP contribution in [0, 0.1) is 0 Å². The third-order valence-electron chi connectivity index (χ3n) is 3.35. The molecule has 0 aliphatic heterocycles. The van der Waals surface area contributed by atoms with Crippen LogP contribution < -0.4 is 10.5 Å². The Labute approximate surface area is 123 Å². The van der Waals surface area contributed by atoms with Crippen LogP contribution in [0.4, 0.5) is 5.69 Å². The number of nitrogens with two attached hydrogens (primary N) is 1. The first-order valence-electron chi connectivity index (χ1n) is 6.81. The van der Waals surface area contributed by atoms with Crippen molar-refractivity contribution in [1.82, 2.24) is 9.78 Å². The van der Waals surface area contributed by atoms with Gasteiger partial charge in [0.05, 0.1) is 11.3 Å². The van der Waals surface area contributed by atoms with E-state index in [0.717, 1.165) is 12.1 Å². The van der Waals surface area contributed by atoms with Gasteiger partial charge in [-0.15, -0.1) is 0 Å². The first-order chi connectivity index (χ1) is 10.0. The summed E-state index contributed by atoms with van der Waals surface area (Å²) in [5.74, 6) is -0.526. The van der Waals surface area contributed by atoms with Crippen LogP contribution in [0.3, 0.4) is 0 Å². The van der Waals surface area contributed by atoms with Crippen LogP contribution >= 0.6 is 0 Å². The van der Waals surface area contributed by atoms with Gasteiger partial charge in [-0.05, 0) is 31.5 Å². The zero-order valence-electron chi connectivity index (χ0n) is 12.1. The van der Waals surface area contributed by atoms with Gasteiger partial charge in [-0.2, -0.15) is 5.10 Å². The van der Waals surface area contributed by atoms with Crippen LogP contribution in [-0.4, -0.2) is 20.9 Å². The number of hydrogen-bond donors (Lipinski definition) is 2. The number of anilines is 1. The first kappa shape index (κ1) is 14.9. The van der Waals surface area contributed by atoms with Gasteiger partial charge < -0.3 is 15.6 Å². The summed E-state index contributed by atoms with van der Waals surface area (Å²) < 4.78 is 7.49. The minimum atomic E-state index is -1.05. The van der Waals surface area contributed by atoms with E-state index in [1.165, 1.54) is 12.1 Å². The smallest absolute Gasteiger partial charge is 0.337 e. The second kappa shape index (κ2) is 6.30. The molecule has 0 amide bonds. The molecule has 2 rings (SSSR count). The van der Waals surface area contributed by atoms with Gasteiger partial charge in [0.2, 0.25) is 0 Å². The number of benzene rings is 1. The first-order valence-corrected chi connectivity index (χ1v) is 6.81. The summed E-state index contributed by atoms with van der Waals surface area (Å²) >= 11 is 0. The van der Waals surface area contributed by atoms with Crippen molar-refractivity contribution in [3.8, 4) is 5.75 Å². The molecule has 3 N–H and O–H groups in total. The predicted octanol–water partition coefficient (Wildman–Crippen LogP) is 2.71. The number of hydrogen-bond acceptors (Lipinski definition) is 4. The molecule has 1 heterocycles. The van der Waals surface area contributed by atoms with Gasteiger partial charge in [0.1, 0.15) is 12.4 Å². The van der Waals surface area contributed by atoms with Crippen LogP contribution in [0.25, 0.3) is 0 Å². The molecule has 0 radical (unpaired) electrons. The fourth-order valence-corrected chi connectivity index (χ4v) is 1.87. The Morgan fingerprint density at radius 1 is 1.48 bits per heavy atom. The molecule has 6 nitrogen and oxygen atoms in total. The van der Waals surface area contributed by atoms with Crippen LogP contribution in [0.15, 0.2) is 30.5 Å². The molecule has 2 aromatic rings. The second-order valence-electron chi connectivity index (χ2n) is 4.89. The van der Waals surface area contributed by atoms with Crippen LogP contribution in [0.2, 0.25) is 0 Å². The summed E-state index contributed by atoms with van der Waals surface area (Å²) in [6, 6.07) is 6.79. The van der Waals surface area contributed by atoms with Gasteiger partial charge in [-0.3, -0.25) is 4.68 Å². The van der Waals surface area contributed by atoms with Crippen LogP contribution in [0.1, 0.15) is 42.4 Å². The second-order valence-corrected chi connectivity index (χ2v) is 4.89. The Hall–Kier alpha value is -2.50. The van der Waals surface area contributed by atoms with Gasteiger partial charge in [-0.1, -0.05) is 6.92 Å². The normalized spacial score (nSPS) is 12.1. The molecule has 1 aromatic carbocycles. The number of rotatable bonds is 6. The van der Waals surface area contributed by atoms with E-state index in [1.807, 2.05) is 16.9 Å². The van der Waals surface area contributed by atoms with Crippen molar-refractivity contribution in [3.63, 3.8) is 0 Å². The average molecular weight is 289 g/mol. The maximum atomic E-state index is 10.9. The molecule has 6 heteroatoms. The van der Waals surface area contributed by atoms with E-state index in [0.29, 0.717) is 18.4 Å². The molecule has 21 heavy (non-hydrogen) atoms. The molecule has 112 valence electrons. The van der Waals surface area contributed by atoms with Gasteiger partial charge in [0, 0.05) is 24.0 Å². The topological polar surface area (TPSA) is 90.4 Å². The zero-order chi connectivity index (χ0) is 15.4. The van der Waals surface area contributed by atoms with E-state index < -0.39 is 5.97 Å². The summed E-state index contributed by atoms with van der Waals surface area (Å²) in [7, 11) is 0. The van der Waals surface area contributed by atoms with Crippen molar-refractivity contribution in [1.29, 1.82) is 0 Å². The molecule has 0 aliphatic carbocycles. The van der Waals surface area contributed by atoms with Crippen molar-refractivity contribution >= 4 is 11.7 Å². The highest BCUT2D eigenvalue weighted by Gasteiger charge is 2.09. The Morgan fingerprint density at radius 2 is 2.24 bits per heavy atom. The molecule has 0 bridgehead atoms. The largest absolute Gasteiger partial charge is 0.487 e. The van der Waals surface area contributed by atoms with Gasteiger partial charge >= 0.3 is 5.97 Å².